The number of hydrogen-bond acceptors (Lipinski definition) is 3. The van der Waals surface area contributed by atoms with Crippen LogP contribution in [0.5, 0.6) is 5.75 Å². The van der Waals surface area contributed by atoms with Crippen LogP contribution in [0.25, 0.3) is 0 Å². The largest absolute Gasteiger partial charge is 0.478 e. The van der Waals surface area contributed by atoms with E-state index in [0.29, 0.717) is 18.2 Å². The lowest BCUT2D eigenvalue weighted by Gasteiger charge is -2.19. The van der Waals surface area contributed by atoms with E-state index in [4.69, 9.17) is 5.11 Å². The topological polar surface area (TPSA) is 75.6 Å². The maximum Gasteiger partial charge on any atom is 0.471 e. The molecule has 0 heterocycles. The molecule has 0 saturated heterocycles. The molecule has 128 valence electrons. The normalized spacial score (nSPS) is 12.2. The van der Waals surface area contributed by atoms with Gasteiger partial charge in [0.15, 0.2) is 0 Å². The van der Waals surface area contributed by atoms with Crippen molar-refractivity contribution < 1.29 is 50.2 Å². The third-order valence-corrected chi connectivity index (χ3v) is 2.23. The van der Waals surface area contributed by atoms with Gasteiger partial charge in [0.1, 0.15) is 5.75 Å². The Labute approximate surface area is 122 Å². The highest BCUT2D eigenvalue weighted by molar-refractivity contribution is 5.98. The average molecular weight is 349 g/mol. The van der Waals surface area contributed by atoms with Crippen molar-refractivity contribution in [3.8, 4) is 5.75 Å². The molecule has 23 heavy (non-hydrogen) atoms. The number of hydrogen-bond donors (Lipinski definition) is 2. The van der Waals surface area contributed by atoms with E-state index in [9.17, 15) is 40.3 Å². The second-order valence-electron chi connectivity index (χ2n) is 3.93. The van der Waals surface area contributed by atoms with Crippen molar-refractivity contribution >= 4 is 17.6 Å². The van der Waals surface area contributed by atoms with Crippen molar-refractivity contribution in [2.45, 2.75) is 18.7 Å². The first-order valence-electron chi connectivity index (χ1n) is 5.45. The first kappa shape index (κ1) is 18.5. The van der Waals surface area contributed by atoms with Crippen molar-refractivity contribution in [3.05, 3.63) is 23.8 Å². The van der Waals surface area contributed by atoms with Gasteiger partial charge >= 0.3 is 30.6 Å². The van der Waals surface area contributed by atoms with E-state index in [-0.39, 0.29) is 0 Å². The Hall–Kier alpha value is -2.53. The number of carboxylic acid groups (broad SMARTS) is 1. The Balaban J connectivity index is 3.24. The van der Waals surface area contributed by atoms with Gasteiger partial charge in [-0.1, -0.05) is 0 Å². The van der Waals surface area contributed by atoms with Gasteiger partial charge in [-0.05, 0) is 18.2 Å². The first-order valence-corrected chi connectivity index (χ1v) is 5.45. The molecule has 0 fully saturated rings. The van der Waals surface area contributed by atoms with Crippen LogP contribution in [0, 0.1) is 0 Å². The Morgan fingerprint density at radius 1 is 1.13 bits per heavy atom. The molecule has 0 bridgehead atoms. The average Bonchev–Trinajstić information content (AvgIpc) is 2.38. The maximum atomic E-state index is 12.8. The molecule has 0 atom stereocenters. The summed E-state index contributed by atoms with van der Waals surface area (Å²) in [5, 5.41) is 9.75. The van der Waals surface area contributed by atoms with Gasteiger partial charge in [0, 0.05) is 0 Å². The van der Waals surface area contributed by atoms with Crippen molar-refractivity contribution in [1.29, 1.82) is 0 Å². The molecule has 0 aliphatic heterocycles. The van der Waals surface area contributed by atoms with Gasteiger partial charge in [0.2, 0.25) is 0 Å². The second-order valence-corrected chi connectivity index (χ2v) is 3.93. The number of halogens is 7. The van der Waals surface area contributed by atoms with E-state index < -0.39 is 47.6 Å². The highest BCUT2D eigenvalue weighted by atomic mass is 19.4. The Bertz CT molecular complexity index is 615. The molecule has 1 rings (SSSR count). The zero-order valence-electron chi connectivity index (χ0n) is 10.6. The summed E-state index contributed by atoms with van der Waals surface area (Å²) in [5.41, 5.74) is -1.86. The molecule has 1 aromatic rings. The van der Waals surface area contributed by atoms with Gasteiger partial charge < -0.3 is 15.2 Å². The number of alkyl halides is 7. The minimum absolute atomic E-state index is 0.350. The van der Waals surface area contributed by atoms with Crippen molar-refractivity contribution in [2.75, 3.05) is 5.32 Å². The molecule has 0 aliphatic carbocycles. The number of anilines is 1. The number of nitrogens with one attached hydrogen (secondary N) is 1. The van der Waals surface area contributed by atoms with Gasteiger partial charge in [0.25, 0.3) is 0 Å². The first-order chi connectivity index (χ1) is 10.3. The fourth-order valence-corrected chi connectivity index (χ4v) is 1.23. The Morgan fingerprint density at radius 3 is 2.13 bits per heavy atom. The smallest absolute Gasteiger partial charge is 0.471 e. The molecule has 1 amide bonds. The summed E-state index contributed by atoms with van der Waals surface area (Å²) in [6, 6.07) is 1.37. The van der Waals surface area contributed by atoms with E-state index in [1.807, 2.05) is 0 Å². The predicted molar refractivity (Wildman–Crippen MR) is 59.7 cm³/mol. The number of benzene rings is 1. The number of ether oxygens (including phenoxy) is 1. The molecular formula is C11H6F7NO4. The van der Waals surface area contributed by atoms with E-state index in [0.717, 1.165) is 5.32 Å². The third kappa shape index (κ3) is 4.72. The lowest BCUT2D eigenvalue weighted by molar-refractivity contribution is -0.252. The molecule has 0 unspecified atom stereocenters. The van der Waals surface area contributed by atoms with Crippen LogP contribution in [0.4, 0.5) is 36.4 Å². The predicted octanol–water partition coefficient (Wildman–Crippen LogP) is 3.12. The summed E-state index contributed by atoms with van der Waals surface area (Å²) in [6.07, 6.45) is -14.8. The van der Waals surface area contributed by atoms with Gasteiger partial charge in [-0.15, -0.1) is 0 Å². The van der Waals surface area contributed by atoms with Crippen molar-refractivity contribution in [1.82, 2.24) is 0 Å². The summed E-state index contributed by atoms with van der Waals surface area (Å²) < 4.78 is 89.8. The zero-order valence-corrected chi connectivity index (χ0v) is 10.6. The number of carbonyl (C=O) groups excluding carboxylic acids is 1. The monoisotopic (exact) mass is 349 g/mol. The van der Waals surface area contributed by atoms with Gasteiger partial charge in [0.05, 0.1) is 11.3 Å². The van der Waals surface area contributed by atoms with Crippen LogP contribution < -0.4 is 10.1 Å². The molecule has 1 aromatic carbocycles. The lowest BCUT2D eigenvalue weighted by Crippen LogP contribution is -2.34. The molecule has 5 nitrogen and oxygen atoms in total. The van der Waals surface area contributed by atoms with Crippen molar-refractivity contribution in [2.24, 2.45) is 0 Å². The standard InChI is InChI=1S/C11H6F7NO4/c12-8(13)11(17,18)23-6-2-1-4(7(20)21)3-5(6)19-9(22)10(14,15)16/h1-3,8H,(H,19,22)(H,20,21). The SMILES string of the molecule is O=C(O)c1ccc(OC(F)(F)C(F)F)c(NC(=O)C(F)(F)F)c1. The van der Waals surface area contributed by atoms with Crippen LogP contribution in [0.1, 0.15) is 10.4 Å². The van der Waals surface area contributed by atoms with E-state index in [1.165, 1.54) is 0 Å². The van der Waals surface area contributed by atoms with Crippen LogP contribution in [0.2, 0.25) is 0 Å². The Kier molecular flexibility index (Phi) is 5.07. The number of carboxylic acids is 1. The molecule has 0 saturated carbocycles. The summed E-state index contributed by atoms with van der Waals surface area (Å²) in [7, 11) is 0. The molecule has 2 N–H and O–H groups in total. The number of amides is 1. The third-order valence-electron chi connectivity index (χ3n) is 2.23. The summed E-state index contributed by atoms with van der Waals surface area (Å²) in [6.45, 7) is 0. The number of carbonyl (C=O) groups is 2. The fraction of sp³-hybridized carbons (Fsp3) is 0.273. The van der Waals surface area contributed by atoms with Crippen LogP contribution in [0.3, 0.4) is 0 Å². The van der Waals surface area contributed by atoms with Crippen LogP contribution in [-0.2, 0) is 4.79 Å². The van der Waals surface area contributed by atoms with Crippen LogP contribution >= 0.6 is 0 Å². The molecule has 12 heteroatoms. The highest BCUT2D eigenvalue weighted by Gasteiger charge is 2.45. The zero-order chi connectivity index (χ0) is 18.0. The highest BCUT2D eigenvalue weighted by Crippen LogP contribution is 2.34. The molecule has 0 radical (unpaired) electrons. The van der Waals surface area contributed by atoms with E-state index >= 15 is 0 Å². The maximum absolute atomic E-state index is 12.8. The number of rotatable bonds is 5. The molecule has 0 spiro atoms. The van der Waals surface area contributed by atoms with E-state index in [2.05, 4.69) is 4.74 Å². The molecular weight excluding hydrogens is 343 g/mol. The molecule has 0 aliphatic rings. The molecule has 0 aromatic heterocycles. The van der Waals surface area contributed by atoms with Crippen LogP contribution in [0.15, 0.2) is 18.2 Å². The minimum atomic E-state index is -5.43. The van der Waals surface area contributed by atoms with E-state index in [1.54, 1.807) is 0 Å². The number of aromatic carboxylic acids is 1. The van der Waals surface area contributed by atoms with Gasteiger partial charge in [-0.2, -0.15) is 30.7 Å². The van der Waals surface area contributed by atoms with Gasteiger partial charge in [-0.3, -0.25) is 4.79 Å². The second kappa shape index (κ2) is 6.30. The summed E-state index contributed by atoms with van der Waals surface area (Å²) >= 11 is 0. The quantitative estimate of drug-likeness (QED) is 0.801. The fourth-order valence-electron chi connectivity index (χ4n) is 1.23. The summed E-state index contributed by atoms with van der Waals surface area (Å²) in [4.78, 5) is 21.5. The Morgan fingerprint density at radius 2 is 1.70 bits per heavy atom. The van der Waals surface area contributed by atoms with Crippen molar-refractivity contribution in [3.63, 3.8) is 0 Å². The van der Waals surface area contributed by atoms with Gasteiger partial charge in [-0.25, -0.2) is 4.79 Å². The lowest BCUT2D eigenvalue weighted by atomic mass is 10.2. The van der Waals surface area contributed by atoms with Crippen LogP contribution in [-0.4, -0.2) is 35.7 Å². The summed E-state index contributed by atoms with van der Waals surface area (Å²) in [5.74, 6) is -5.57. The minimum Gasteiger partial charge on any atom is -0.478 e.